The van der Waals surface area contributed by atoms with Crippen molar-refractivity contribution in [3.05, 3.63) is 40.5 Å². The molecule has 9 heteroatoms. The number of alkyl halides is 3. The zero-order valence-corrected chi connectivity index (χ0v) is 16.0. The lowest BCUT2D eigenvalue weighted by atomic mass is 10.00. The number of nitrogens with two attached hydrogens (primary N) is 1. The van der Waals surface area contributed by atoms with E-state index in [-0.39, 0.29) is 28.2 Å². The average molecular weight is 409 g/mol. The maximum Gasteiger partial charge on any atom is 0.417 e. The molecule has 2 fully saturated rings. The summed E-state index contributed by atoms with van der Waals surface area (Å²) in [6.45, 7) is 3.47. The van der Waals surface area contributed by atoms with Crippen LogP contribution >= 0.6 is 11.3 Å². The fourth-order valence-corrected chi connectivity index (χ4v) is 5.26. The molecule has 0 spiro atoms. The highest BCUT2D eigenvalue weighted by atomic mass is 32.1. The van der Waals surface area contributed by atoms with Crippen LogP contribution in [0, 0.1) is 12.3 Å². The first-order chi connectivity index (χ1) is 13.1. The van der Waals surface area contributed by atoms with Gasteiger partial charge in [0.25, 0.3) is 5.91 Å². The largest absolute Gasteiger partial charge is 0.417 e. The van der Waals surface area contributed by atoms with E-state index in [0.717, 1.165) is 17.4 Å². The van der Waals surface area contributed by atoms with Gasteiger partial charge in [0.2, 0.25) is 5.91 Å². The third-order valence-corrected chi connectivity index (χ3v) is 6.65. The molecule has 148 valence electrons. The highest BCUT2D eigenvalue weighted by molar-refractivity contribution is 7.15. The summed E-state index contributed by atoms with van der Waals surface area (Å²) in [7, 11) is 0. The van der Waals surface area contributed by atoms with Crippen LogP contribution in [0.3, 0.4) is 0 Å². The monoisotopic (exact) mass is 409 g/mol. The summed E-state index contributed by atoms with van der Waals surface area (Å²) in [6, 6.07) is 4.63. The molecule has 2 aromatic rings. The molecule has 0 radical (unpaired) electrons. The quantitative estimate of drug-likeness (QED) is 0.841. The summed E-state index contributed by atoms with van der Waals surface area (Å²) < 4.78 is 40.4. The van der Waals surface area contributed by atoms with Gasteiger partial charge in [-0.25, -0.2) is 4.98 Å². The number of nitrogens with zero attached hydrogens (tertiary/aromatic N) is 2. The molecule has 28 heavy (non-hydrogen) atoms. The maximum absolute atomic E-state index is 13.5. The normalized spacial score (nSPS) is 26.2. The van der Waals surface area contributed by atoms with Crippen LogP contribution in [0.15, 0.2) is 24.3 Å². The summed E-state index contributed by atoms with van der Waals surface area (Å²) in [4.78, 5) is 31.1. The maximum atomic E-state index is 13.5. The molecule has 5 nitrogen and oxygen atoms in total. The summed E-state index contributed by atoms with van der Waals surface area (Å²) in [5, 5.41) is 0.499. The number of hydrogen-bond acceptors (Lipinski definition) is 4. The summed E-state index contributed by atoms with van der Waals surface area (Å²) in [6.07, 6.45) is -3.58. The number of likely N-dealkylation sites (tertiary alicyclic amines) is 1. The van der Waals surface area contributed by atoms with Gasteiger partial charge in [0.15, 0.2) is 0 Å². The van der Waals surface area contributed by atoms with Gasteiger partial charge in [-0.3, -0.25) is 9.59 Å². The van der Waals surface area contributed by atoms with Crippen LogP contribution in [-0.2, 0) is 11.0 Å². The van der Waals surface area contributed by atoms with Crippen LogP contribution in [-0.4, -0.2) is 33.8 Å². The van der Waals surface area contributed by atoms with Crippen molar-refractivity contribution >= 4 is 23.2 Å². The Hall–Kier alpha value is -2.42. The van der Waals surface area contributed by atoms with Crippen molar-refractivity contribution in [2.45, 2.75) is 44.9 Å². The number of aryl methyl sites for hydroxylation is 1. The van der Waals surface area contributed by atoms with Crippen molar-refractivity contribution < 1.29 is 22.8 Å². The molecule has 1 saturated carbocycles. The molecular formula is C19H18F3N3O2S. The lowest BCUT2D eigenvalue weighted by Crippen LogP contribution is -2.37. The fraction of sp³-hybridized carbons (Fsp3) is 0.421. The lowest BCUT2D eigenvalue weighted by molar-refractivity contribution is -0.137. The first-order valence-corrected chi connectivity index (χ1v) is 9.64. The van der Waals surface area contributed by atoms with E-state index in [1.165, 1.54) is 18.2 Å². The van der Waals surface area contributed by atoms with Gasteiger partial charge >= 0.3 is 6.18 Å². The minimum absolute atomic E-state index is 0.00165. The standard InChI is InChI=1S/C19H18F3N3O2S/c1-9-7-18(17(23)27)8-13(18)25(9)16(26)14-15(28-10(2)24-14)11-5-3-4-6-12(11)19(20,21)22/h3-6,9,13H,7-8H2,1-2H3,(H2,23,27)/t9-,13-,18+/m0/s1. The van der Waals surface area contributed by atoms with Crippen LogP contribution in [0.1, 0.15) is 40.8 Å². The Morgan fingerprint density at radius 3 is 2.57 bits per heavy atom. The molecule has 2 heterocycles. The van der Waals surface area contributed by atoms with Crippen molar-refractivity contribution in [1.29, 1.82) is 0 Å². The van der Waals surface area contributed by atoms with Crippen LogP contribution in [0.2, 0.25) is 0 Å². The summed E-state index contributed by atoms with van der Waals surface area (Å²) in [5.41, 5.74) is 3.94. The van der Waals surface area contributed by atoms with Gasteiger partial charge in [0, 0.05) is 17.6 Å². The Balaban J connectivity index is 1.77. The topological polar surface area (TPSA) is 76.3 Å². The Kier molecular flexibility index (Phi) is 4.08. The fourth-order valence-electron chi connectivity index (χ4n) is 4.32. The third-order valence-electron chi connectivity index (χ3n) is 5.64. The predicted octanol–water partition coefficient (Wildman–Crippen LogP) is 3.62. The predicted molar refractivity (Wildman–Crippen MR) is 97.6 cm³/mol. The van der Waals surface area contributed by atoms with Gasteiger partial charge < -0.3 is 10.6 Å². The van der Waals surface area contributed by atoms with Gasteiger partial charge in [-0.1, -0.05) is 18.2 Å². The van der Waals surface area contributed by atoms with E-state index in [2.05, 4.69) is 4.98 Å². The molecule has 1 saturated heterocycles. The Morgan fingerprint density at radius 2 is 1.96 bits per heavy atom. The molecule has 0 unspecified atom stereocenters. The minimum atomic E-state index is -4.55. The molecule has 4 rings (SSSR count). The van der Waals surface area contributed by atoms with E-state index in [1.54, 1.807) is 11.8 Å². The number of carbonyl (C=O) groups excluding carboxylic acids is 2. The zero-order valence-electron chi connectivity index (χ0n) is 15.2. The van der Waals surface area contributed by atoms with E-state index < -0.39 is 29.0 Å². The van der Waals surface area contributed by atoms with E-state index in [9.17, 15) is 22.8 Å². The van der Waals surface area contributed by atoms with Crippen molar-refractivity contribution in [3.8, 4) is 10.4 Å². The van der Waals surface area contributed by atoms with Crippen LogP contribution in [0.25, 0.3) is 10.4 Å². The Morgan fingerprint density at radius 1 is 1.29 bits per heavy atom. The van der Waals surface area contributed by atoms with Crippen molar-refractivity contribution in [2.75, 3.05) is 0 Å². The second-order valence-electron chi connectivity index (χ2n) is 7.46. The number of amides is 2. The van der Waals surface area contributed by atoms with E-state index in [1.807, 2.05) is 6.92 Å². The molecule has 1 aromatic carbocycles. The molecule has 0 bridgehead atoms. The van der Waals surface area contributed by atoms with E-state index >= 15 is 0 Å². The highest BCUT2D eigenvalue weighted by Crippen LogP contribution is 2.59. The average Bonchev–Trinajstić information content (AvgIpc) is 3.05. The zero-order chi connectivity index (χ0) is 20.4. The molecule has 2 N–H and O–H groups in total. The Bertz CT molecular complexity index is 987. The number of aromatic nitrogens is 1. The van der Waals surface area contributed by atoms with Gasteiger partial charge in [0.1, 0.15) is 5.69 Å². The number of fused-ring (bicyclic) bond motifs is 1. The van der Waals surface area contributed by atoms with E-state index in [4.69, 9.17) is 5.73 Å². The number of primary amides is 1. The summed E-state index contributed by atoms with van der Waals surface area (Å²) in [5.74, 6) is -0.883. The number of carbonyl (C=O) groups is 2. The number of piperidine rings is 1. The molecule has 1 aliphatic heterocycles. The number of rotatable bonds is 3. The van der Waals surface area contributed by atoms with Gasteiger partial charge in [-0.2, -0.15) is 13.2 Å². The second kappa shape index (κ2) is 6.04. The van der Waals surface area contributed by atoms with Crippen LogP contribution in [0.4, 0.5) is 13.2 Å². The van der Waals surface area contributed by atoms with Gasteiger partial charge in [-0.15, -0.1) is 11.3 Å². The SMILES string of the molecule is Cc1nc(C(=O)N2[C@H]3C[C@]3(C(N)=O)C[C@@H]2C)c(-c2ccccc2C(F)(F)F)s1. The lowest BCUT2D eigenvalue weighted by Gasteiger charge is -2.24. The first kappa shape index (κ1) is 18.9. The molecule has 3 atom stereocenters. The molecule has 1 aromatic heterocycles. The first-order valence-electron chi connectivity index (χ1n) is 8.83. The van der Waals surface area contributed by atoms with Crippen LogP contribution in [0.5, 0.6) is 0 Å². The molecular weight excluding hydrogens is 391 g/mol. The molecule has 2 amide bonds. The van der Waals surface area contributed by atoms with Gasteiger partial charge in [0.05, 0.1) is 20.9 Å². The number of thiazole rings is 1. The molecule has 1 aliphatic carbocycles. The van der Waals surface area contributed by atoms with Crippen LogP contribution < -0.4 is 5.73 Å². The smallest absolute Gasteiger partial charge is 0.369 e. The second-order valence-corrected chi connectivity index (χ2v) is 8.66. The Labute approximate surface area is 163 Å². The summed E-state index contributed by atoms with van der Waals surface area (Å²) >= 11 is 1.06. The third kappa shape index (κ3) is 2.71. The minimum Gasteiger partial charge on any atom is -0.369 e. The van der Waals surface area contributed by atoms with Gasteiger partial charge in [-0.05, 0) is 32.8 Å². The number of halogens is 3. The van der Waals surface area contributed by atoms with Crippen molar-refractivity contribution in [1.82, 2.24) is 9.88 Å². The number of benzene rings is 1. The van der Waals surface area contributed by atoms with Crippen molar-refractivity contribution in [2.24, 2.45) is 11.1 Å². The van der Waals surface area contributed by atoms with Crippen molar-refractivity contribution in [3.63, 3.8) is 0 Å². The number of hydrogen-bond donors (Lipinski definition) is 1. The van der Waals surface area contributed by atoms with E-state index in [0.29, 0.717) is 17.8 Å². The molecule has 2 aliphatic rings. The highest BCUT2D eigenvalue weighted by Gasteiger charge is 2.68.